The van der Waals surface area contributed by atoms with Gasteiger partial charge in [0, 0.05) is 12.1 Å². The molecule has 0 saturated carbocycles. The topological polar surface area (TPSA) is 47.7 Å². The zero-order chi connectivity index (χ0) is 17.1. The Morgan fingerprint density at radius 1 is 0.960 bits per heavy atom. The summed E-state index contributed by atoms with van der Waals surface area (Å²) in [6.45, 7) is 2.63. The van der Waals surface area contributed by atoms with Gasteiger partial charge in [0.1, 0.15) is 13.2 Å². The van der Waals surface area contributed by atoms with Crippen LogP contribution in [-0.4, -0.2) is 30.1 Å². The summed E-state index contributed by atoms with van der Waals surface area (Å²) in [6.07, 6.45) is 1.78. The molecule has 4 rings (SSSR count). The highest BCUT2D eigenvalue weighted by Crippen LogP contribution is 2.31. The van der Waals surface area contributed by atoms with Crippen LogP contribution >= 0.6 is 0 Å². The van der Waals surface area contributed by atoms with Gasteiger partial charge in [-0.05, 0) is 24.7 Å². The zero-order valence-electron chi connectivity index (χ0n) is 14.1. The zero-order valence-corrected chi connectivity index (χ0v) is 14.1. The van der Waals surface area contributed by atoms with Gasteiger partial charge in [0.05, 0.1) is 12.7 Å². The van der Waals surface area contributed by atoms with Gasteiger partial charge < -0.3 is 13.9 Å². The molecule has 1 aliphatic heterocycles. The van der Waals surface area contributed by atoms with Gasteiger partial charge in [-0.25, -0.2) is 4.98 Å². The monoisotopic (exact) mass is 336 g/mol. The highest BCUT2D eigenvalue weighted by atomic mass is 16.6. The number of fused-ring (bicyclic) bond motifs is 1. The molecule has 128 valence electrons. The lowest BCUT2D eigenvalue weighted by molar-refractivity contribution is 0.171. The van der Waals surface area contributed by atoms with Crippen LogP contribution in [-0.2, 0) is 13.1 Å². The normalized spacial score (nSPS) is 13.2. The average Bonchev–Trinajstić information content (AvgIpc) is 3.10. The summed E-state index contributed by atoms with van der Waals surface area (Å²) in [5.41, 5.74) is 2.21. The lowest BCUT2D eigenvalue weighted by Crippen LogP contribution is -2.18. The Balaban J connectivity index is 1.41. The number of rotatable bonds is 5. The van der Waals surface area contributed by atoms with Crippen LogP contribution in [0.3, 0.4) is 0 Å². The first-order chi connectivity index (χ1) is 12.3. The number of aromatic nitrogens is 1. The summed E-state index contributed by atoms with van der Waals surface area (Å²) in [6, 6.07) is 16.1. The van der Waals surface area contributed by atoms with Crippen LogP contribution < -0.4 is 9.47 Å². The van der Waals surface area contributed by atoms with E-state index in [0.717, 1.165) is 29.4 Å². The lowest BCUT2D eigenvalue weighted by Gasteiger charge is -2.20. The minimum atomic E-state index is 0.602. The number of oxazole rings is 1. The summed E-state index contributed by atoms with van der Waals surface area (Å²) < 4.78 is 17.1. The Labute approximate surface area is 146 Å². The maximum absolute atomic E-state index is 5.87. The molecule has 1 aliphatic rings. The number of hydrogen-bond donors (Lipinski definition) is 0. The Morgan fingerprint density at radius 3 is 2.60 bits per heavy atom. The molecule has 25 heavy (non-hydrogen) atoms. The second-order valence-electron chi connectivity index (χ2n) is 6.13. The van der Waals surface area contributed by atoms with Crippen LogP contribution in [0.2, 0.25) is 0 Å². The maximum Gasteiger partial charge on any atom is 0.209 e. The molecule has 2 heterocycles. The fraction of sp³-hybridized carbons (Fsp3) is 0.250. The Bertz CT molecular complexity index is 845. The van der Waals surface area contributed by atoms with Crippen molar-refractivity contribution in [1.82, 2.24) is 9.88 Å². The third-order valence-electron chi connectivity index (χ3n) is 4.08. The highest BCUT2D eigenvalue weighted by Gasteiger charge is 2.13. The number of hydrogen-bond acceptors (Lipinski definition) is 5. The molecule has 0 N–H and O–H groups in total. The molecule has 0 fully saturated rings. The van der Waals surface area contributed by atoms with Gasteiger partial charge in [0.25, 0.3) is 0 Å². The molecule has 0 spiro atoms. The van der Waals surface area contributed by atoms with E-state index in [9.17, 15) is 0 Å². The van der Waals surface area contributed by atoms with Crippen LogP contribution in [0.4, 0.5) is 0 Å². The maximum atomic E-state index is 5.87. The summed E-state index contributed by atoms with van der Waals surface area (Å²) in [5, 5.41) is 0. The third kappa shape index (κ3) is 3.67. The van der Waals surface area contributed by atoms with E-state index < -0.39 is 0 Å². The molecule has 5 nitrogen and oxygen atoms in total. The van der Waals surface area contributed by atoms with Gasteiger partial charge in [-0.15, -0.1) is 0 Å². The van der Waals surface area contributed by atoms with E-state index in [4.69, 9.17) is 13.9 Å². The Hall–Kier alpha value is -2.79. The van der Waals surface area contributed by atoms with Crippen molar-refractivity contribution in [3.63, 3.8) is 0 Å². The van der Waals surface area contributed by atoms with Crippen molar-refractivity contribution < 1.29 is 13.9 Å². The fourth-order valence-corrected chi connectivity index (χ4v) is 2.90. The lowest BCUT2D eigenvalue weighted by atomic mass is 10.2. The van der Waals surface area contributed by atoms with Crippen molar-refractivity contribution in [3.8, 4) is 22.8 Å². The quantitative estimate of drug-likeness (QED) is 0.710. The average molecular weight is 336 g/mol. The molecule has 0 atom stereocenters. The first-order valence-electron chi connectivity index (χ1n) is 8.35. The van der Waals surface area contributed by atoms with E-state index >= 15 is 0 Å². The van der Waals surface area contributed by atoms with Crippen molar-refractivity contribution >= 4 is 0 Å². The molecule has 0 amide bonds. The third-order valence-corrected chi connectivity index (χ3v) is 4.08. The van der Waals surface area contributed by atoms with Crippen LogP contribution in [0, 0.1) is 0 Å². The van der Waals surface area contributed by atoms with Crippen molar-refractivity contribution in [2.75, 3.05) is 20.3 Å². The van der Waals surface area contributed by atoms with Crippen LogP contribution in [0.15, 0.2) is 59.1 Å². The first-order valence-corrected chi connectivity index (χ1v) is 8.35. The van der Waals surface area contributed by atoms with Gasteiger partial charge in [0.15, 0.2) is 17.3 Å². The Morgan fingerprint density at radius 2 is 1.76 bits per heavy atom. The molecular weight excluding hydrogens is 316 g/mol. The second-order valence-corrected chi connectivity index (χ2v) is 6.13. The van der Waals surface area contributed by atoms with Gasteiger partial charge in [-0.3, -0.25) is 4.90 Å². The van der Waals surface area contributed by atoms with E-state index in [1.165, 1.54) is 5.56 Å². The number of benzene rings is 2. The summed E-state index contributed by atoms with van der Waals surface area (Å²) in [4.78, 5) is 6.55. The minimum Gasteiger partial charge on any atom is -0.486 e. The molecule has 0 aliphatic carbocycles. The van der Waals surface area contributed by atoms with E-state index in [1.807, 2.05) is 49.5 Å². The predicted molar refractivity (Wildman–Crippen MR) is 94.5 cm³/mol. The van der Waals surface area contributed by atoms with E-state index in [2.05, 4.69) is 16.0 Å². The van der Waals surface area contributed by atoms with Gasteiger partial charge in [0.2, 0.25) is 5.89 Å². The molecule has 0 radical (unpaired) electrons. The number of nitrogens with zero attached hydrogens (tertiary/aromatic N) is 2. The molecule has 3 aromatic rings. The summed E-state index contributed by atoms with van der Waals surface area (Å²) in [7, 11) is 2.04. The SMILES string of the molecule is CN(Cc1ccc2c(c1)OCCO2)Cc1ncc(-c2ccccc2)o1. The standard InChI is InChI=1S/C20H20N2O3/c1-22(13-15-7-8-17-18(11-15)24-10-9-23-17)14-20-21-12-19(25-20)16-5-3-2-4-6-16/h2-8,11-12H,9-10,13-14H2,1H3. The Kier molecular flexibility index (Phi) is 4.39. The first kappa shape index (κ1) is 15.7. The van der Waals surface area contributed by atoms with Gasteiger partial charge in [-0.1, -0.05) is 36.4 Å². The second kappa shape index (κ2) is 6.99. The summed E-state index contributed by atoms with van der Waals surface area (Å²) in [5.74, 6) is 3.14. The van der Waals surface area contributed by atoms with Crippen LogP contribution in [0.25, 0.3) is 11.3 Å². The van der Waals surface area contributed by atoms with Crippen LogP contribution in [0.5, 0.6) is 11.5 Å². The largest absolute Gasteiger partial charge is 0.486 e. The minimum absolute atomic E-state index is 0.602. The summed E-state index contributed by atoms with van der Waals surface area (Å²) >= 11 is 0. The van der Waals surface area contributed by atoms with Crippen LogP contribution in [0.1, 0.15) is 11.5 Å². The molecule has 0 unspecified atom stereocenters. The molecule has 1 aromatic heterocycles. The predicted octanol–water partition coefficient (Wildman–Crippen LogP) is 3.74. The van der Waals surface area contributed by atoms with E-state index in [-0.39, 0.29) is 0 Å². The van der Waals surface area contributed by atoms with Gasteiger partial charge >= 0.3 is 0 Å². The van der Waals surface area contributed by atoms with Crippen molar-refractivity contribution in [1.29, 1.82) is 0 Å². The van der Waals surface area contributed by atoms with Crippen molar-refractivity contribution in [2.24, 2.45) is 0 Å². The molecule has 0 saturated heterocycles. The molecule has 5 heteroatoms. The molecule has 0 bridgehead atoms. The molecular formula is C20H20N2O3. The molecule has 2 aromatic carbocycles. The fourth-order valence-electron chi connectivity index (χ4n) is 2.90. The number of ether oxygens (including phenoxy) is 2. The smallest absolute Gasteiger partial charge is 0.209 e. The van der Waals surface area contributed by atoms with Crippen molar-refractivity contribution in [2.45, 2.75) is 13.1 Å². The van der Waals surface area contributed by atoms with E-state index in [1.54, 1.807) is 6.20 Å². The van der Waals surface area contributed by atoms with Crippen molar-refractivity contribution in [3.05, 3.63) is 66.2 Å². The van der Waals surface area contributed by atoms with Gasteiger partial charge in [-0.2, -0.15) is 0 Å². The highest BCUT2D eigenvalue weighted by molar-refractivity contribution is 5.55. The van der Waals surface area contributed by atoms with E-state index in [0.29, 0.717) is 25.6 Å².